The molecule has 0 bridgehead atoms. The largest absolute Gasteiger partial charge is 0.372 e. The Morgan fingerprint density at radius 3 is 2.55 bits per heavy atom. The molecule has 0 spiro atoms. The molecule has 0 atom stereocenters. The lowest BCUT2D eigenvalue weighted by atomic mass is 9.96. The third-order valence-corrected chi connectivity index (χ3v) is 6.47. The summed E-state index contributed by atoms with van der Waals surface area (Å²) in [6, 6.07) is 14.5. The third kappa shape index (κ3) is 4.40. The van der Waals surface area contributed by atoms with Crippen molar-refractivity contribution in [3.8, 4) is 11.4 Å². The maximum absolute atomic E-state index is 4.70. The highest BCUT2D eigenvalue weighted by atomic mass is 32.1. The lowest BCUT2D eigenvalue weighted by molar-refractivity contribution is 0.285. The van der Waals surface area contributed by atoms with Crippen molar-refractivity contribution in [2.75, 3.05) is 43.9 Å². The first-order valence-electron chi connectivity index (χ1n) is 10.7. The van der Waals surface area contributed by atoms with Gasteiger partial charge in [0.2, 0.25) is 0 Å². The zero-order valence-electron chi connectivity index (χ0n) is 17.9. The summed E-state index contributed by atoms with van der Waals surface area (Å²) in [5.41, 5.74) is 4.07. The van der Waals surface area contributed by atoms with Gasteiger partial charge >= 0.3 is 0 Å². The highest BCUT2D eigenvalue weighted by Crippen LogP contribution is 2.26. The number of nitrogens with zero attached hydrogens (tertiary/aromatic N) is 6. The van der Waals surface area contributed by atoms with Gasteiger partial charge in [-0.25, -0.2) is 0 Å². The number of anilines is 3. The molecule has 1 aliphatic rings. The molecule has 0 saturated carbocycles. The maximum Gasteiger partial charge on any atom is 0.186 e. The Balaban J connectivity index is 1.27. The normalized spacial score (nSPS) is 15.1. The SMILES string of the molecule is CN(C)CC1CCN(c2ccc(Nc3ccc4nnc(-c5ccsc5)n4n3)cc2)CC1. The van der Waals surface area contributed by atoms with Crippen molar-refractivity contribution in [1.82, 2.24) is 24.7 Å². The molecule has 160 valence electrons. The van der Waals surface area contributed by atoms with Crippen molar-refractivity contribution in [1.29, 1.82) is 0 Å². The van der Waals surface area contributed by atoms with Crippen LogP contribution in [-0.4, -0.2) is 58.4 Å². The Morgan fingerprint density at radius 1 is 1.03 bits per heavy atom. The quantitative estimate of drug-likeness (QED) is 0.487. The topological polar surface area (TPSA) is 61.6 Å². The molecular formula is C23H27N7S. The van der Waals surface area contributed by atoms with Gasteiger partial charge in [-0.1, -0.05) is 0 Å². The molecular weight excluding hydrogens is 406 g/mol. The Labute approximate surface area is 186 Å². The summed E-state index contributed by atoms with van der Waals surface area (Å²) in [5.74, 6) is 2.33. The summed E-state index contributed by atoms with van der Waals surface area (Å²) < 4.78 is 1.79. The standard InChI is InChI=1S/C23H27N7S/c1-28(2)15-17-9-12-29(13-10-17)20-5-3-19(4-6-20)24-21-7-8-22-25-26-23(30(22)27-21)18-11-14-31-16-18/h3-8,11,14,16-17H,9-10,12-13,15H2,1-2H3,(H,24,27). The van der Waals surface area contributed by atoms with Crippen LogP contribution in [0, 0.1) is 5.92 Å². The van der Waals surface area contributed by atoms with Crippen LogP contribution in [0.2, 0.25) is 0 Å². The van der Waals surface area contributed by atoms with Crippen molar-refractivity contribution in [3.05, 3.63) is 53.2 Å². The number of benzene rings is 1. The minimum Gasteiger partial charge on any atom is -0.372 e. The highest BCUT2D eigenvalue weighted by molar-refractivity contribution is 7.08. The highest BCUT2D eigenvalue weighted by Gasteiger charge is 2.20. The van der Waals surface area contributed by atoms with Gasteiger partial charge in [-0.15, -0.1) is 15.3 Å². The molecule has 0 radical (unpaired) electrons. The first-order chi connectivity index (χ1) is 15.2. The molecule has 0 unspecified atom stereocenters. The van der Waals surface area contributed by atoms with Crippen molar-refractivity contribution >= 4 is 34.2 Å². The zero-order valence-corrected chi connectivity index (χ0v) is 18.7. The molecule has 0 amide bonds. The van der Waals surface area contributed by atoms with Crippen LogP contribution in [0.25, 0.3) is 17.0 Å². The van der Waals surface area contributed by atoms with Gasteiger partial charge in [0.25, 0.3) is 0 Å². The van der Waals surface area contributed by atoms with Gasteiger partial charge in [0.15, 0.2) is 17.3 Å². The van der Waals surface area contributed by atoms with Gasteiger partial charge in [-0.3, -0.25) is 0 Å². The van der Waals surface area contributed by atoms with Crippen molar-refractivity contribution in [2.24, 2.45) is 5.92 Å². The molecule has 8 heteroatoms. The van der Waals surface area contributed by atoms with Crippen LogP contribution in [0.3, 0.4) is 0 Å². The van der Waals surface area contributed by atoms with E-state index in [0.717, 1.165) is 47.5 Å². The van der Waals surface area contributed by atoms with E-state index in [0.29, 0.717) is 0 Å². The fourth-order valence-corrected chi connectivity index (χ4v) is 4.86. The average molecular weight is 434 g/mol. The molecule has 1 fully saturated rings. The monoisotopic (exact) mass is 433 g/mol. The van der Waals surface area contributed by atoms with Crippen LogP contribution in [0.1, 0.15) is 12.8 Å². The molecule has 1 saturated heterocycles. The van der Waals surface area contributed by atoms with Gasteiger partial charge < -0.3 is 15.1 Å². The first-order valence-corrected chi connectivity index (χ1v) is 11.6. The number of aromatic nitrogens is 4. The number of thiophene rings is 1. The fourth-order valence-electron chi connectivity index (χ4n) is 4.22. The predicted octanol–water partition coefficient (Wildman–Crippen LogP) is 4.37. The van der Waals surface area contributed by atoms with Gasteiger partial charge in [0.05, 0.1) is 0 Å². The molecule has 1 aromatic carbocycles. The van der Waals surface area contributed by atoms with Crippen molar-refractivity contribution < 1.29 is 0 Å². The van der Waals surface area contributed by atoms with Crippen LogP contribution in [0.5, 0.6) is 0 Å². The molecule has 5 rings (SSSR count). The molecule has 1 N–H and O–H groups in total. The van der Waals surface area contributed by atoms with Crippen LogP contribution in [0.4, 0.5) is 17.2 Å². The number of fused-ring (bicyclic) bond motifs is 1. The predicted molar refractivity (Wildman–Crippen MR) is 127 cm³/mol. The Bertz CT molecular complexity index is 1130. The summed E-state index contributed by atoms with van der Waals surface area (Å²) >= 11 is 1.64. The number of piperidine rings is 1. The van der Waals surface area contributed by atoms with Gasteiger partial charge in [-0.05, 0) is 80.7 Å². The summed E-state index contributed by atoms with van der Waals surface area (Å²) in [4.78, 5) is 4.79. The van der Waals surface area contributed by atoms with E-state index in [1.807, 2.05) is 23.6 Å². The average Bonchev–Trinajstić information content (AvgIpc) is 3.44. The second-order valence-electron chi connectivity index (χ2n) is 8.39. The van der Waals surface area contributed by atoms with Gasteiger partial charge in [-0.2, -0.15) is 15.9 Å². The van der Waals surface area contributed by atoms with E-state index in [1.165, 1.54) is 25.1 Å². The van der Waals surface area contributed by atoms with Crippen molar-refractivity contribution in [2.45, 2.75) is 12.8 Å². The minimum atomic E-state index is 0.736. The van der Waals surface area contributed by atoms with Crippen LogP contribution >= 0.6 is 11.3 Å². The van der Waals surface area contributed by atoms with Crippen molar-refractivity contribution in [3.63, 3.8) is 0 Å². The molecule has 4 aromatic rings. The number of hydrogen-bond acceptors (Lipinski definition) is 7. The Morgan fingerprint density at radius 2 is 1.84 bits per heavy atom. The smallest absolute Gasteiger partial charge is 0.186 e. The van der Waals surface area contributed by atoms with Gasteiger partial charge in [0, 0.05) is 42.0 Å². The van der Waals surface area contributed by atoms with Gasteiger partial charge in [0.1, 0.15) is 0 Å². The van der Waals surface area contributed by atoms with Crippen LogP contribution in [0.15, 0.2) is 53.2 Å². The summed E-state index contributed by atoms with van der Waals surface area (Å²) in [7, 11) is 4.33. The van der Waals surface area contributed by atoms with E-state index < -0.39 is 0 Å². The Hall–Kier alpha value is -2.97. The summed E-state index contributed by atoms with van der Waals surface area (Å²) in [5, 5.41) is 20.7. The summed E-state index contributed by atoms with van der Waals surface area (Å²) in [6.45, 7) is 3.44. The van der Waals surface area contributed by atoms with E-state index in [4.69, 9.17) is 5.10 Å². The Kier molecular flexibility index (Phi) is 5.57. The number of nitrogens with one attached hydrogen (secondary N) is 1. The van der Waals surface area contributed by atoms with E-state index in [-0.39, 0.29) is 0 Å². The second kappa shape index (κ2) is 8.64. The minimum absolute atomic E-state index is 0.736. The number of rotatable bonds is 6. The van der Waals surface area contributed by atoms with E-state index in [1.54, 1.807) is 15.9 Å². The number of hydrogen-bond donors (Lipinski definition) is 1. The zero-order chi connectivity index (χ0) is 21.2. The van der Waals surface area contributed by atoms with Crippen LogP contribution in [-0.2, 0) is 0 Å². The van der Waals surface area contributed by atoms with Crippen LogP contribution < -0.4 is 10.2 Å². The maximum atomic E-state index is 4.70. The lowest BCUT2D eigenvalue weighted by Crippen LogP contribution is -2.37. The van der Waals surface area contributed by atoms with E-state index in [2.05, 4.69) is 69.1 Å². The molecule has 31 heavy (non-hydrogen) atoms. The van der Waals surface area contributed by atoms with E-state index in [9.17, 15) is 0 Å². The molecule has 1 aliphatic heterocycles. The second-order valence-corrected chi connectivity index (χ2v) is 9.17. The first kappa shape index (κ1) is 20.0. The molecule has 0 aliphatic carbocycles. The summed E-state index contributed by atoms with van der Waals surface area (Å²) in [6.07, 6.45) is 2.51. The molecule has 4 heterocycles. The third-order valence-electron chi connectivity index (χ3n) is 5.78. The molecule has 7 nitrogen and oxygen atoms in total. The van der Waals surface area contributed by atoms with E-state index >= 15 is 0 Å². The molecule has 3 aromatic heterocycles. The fraction of sp³-hybridized carbons (Fsp3) is 0.348. The lowest BCUT2D eigenvalue weighted by Gasteiger charge is -2.34.